The van der Waals surface area contributed by atoms with Crippen molar-refractivity contribution >= 4 is 35.0 Å². The fourth-order valence-electron chi connectivity index (χ4n) is 7.84. The largest absolute Gasteiger partial charge is 0.508 e. The lowest BCUT2D eigenvalue weighted by atomic mass is 9.55. The Kier molecular flexibility index (Phi) is 6.78. The number of Topliss-reactive ketones (excluding diaryl/α,β-unsaturated/α-hetero) is 2. The predicted molar refractivity (Wildman–Crippen MR) is 166 cm³/mol. The molecule has 12 heteroatoms. The van der Waals surface area contributed by atoms with Gasteiger partial charge in [-0.1, -0.05) is 61.5 Å². The van der Waals surface area contributed by atoms with E-state index in [0.717, 1.165) is 22.3 Å². The number of carbonyl (C=O) groups excluding carboxylic acids is 4. The van der Waals surface area contributed by atoms with Crippen molar-refractivity contribution in [1.29, 1.82) is 0 Å². The van der Waals surface area contributed by atoms with Crippen molar-refractivity contribution in [2.24, 2.45) is 17.6 Å². The fourth-order valence-corrected chi connectivity index (χ4v) is 7.84. The van der Waals surface area contributed by atoms with Gasteiger partial charge in [0.1, 0.15) is 29.4 Å². The third-order valence-electron chi connectivity index (χ3n) is 10.1. The maximum Gasteiger partial charge on any atom is 0.411 e. The lowest BCUT2D eigenvalue weighted by Gasteiger charge is -2.50. The van der Waals surface area contributed by atoms with E-state index in [1.54, 1.807) is 6.92 Å². The molecule has 8 N–H and O–H groups in total. The van der Waals surface area contributed by atoms with E-state index in [1.165, 1.54) is 12.1 Å². The number of nitrogens with two attached hydrogens (primary N) is 1. The molecule has 0 heterocycles. The summed E-state index contributed by atoms with van der Waals surface area (Å²) in [5.74, 6) is -9.97. The summed E-state index contributed by atoms with van der Waals surface area (Å²) in [6.45, 7) is 1.61. The number of ketones is 2. The van der Waals surface area contributed by atoms with Crippen LogP contribution in [0, 0.1) is 11.8 Å². The number of hydrogen-bond donors (Lipinski definition) is 7. The normalized spacial score (nSPS) is 26.2. The minimum absolute atomic E-state index is 0.00147. The number of phenols is 1. The van der Waals surface area contributed by atoms with Crippen LogP contribution in [0.4, 0.5) is 10.5 Å². The SMILES string of the molecule is C[C@H]1c2ccc(NC(=O)OCC3c4ccccc4-c4ccccc43)c(O)c2C(O)=C2C(=O)[C@]3(O)C(O)=C(C(N)=O)C(=O)C[C@@H]3[C@@H](O)[C@@H]21. The first-order valence-corrected chi connectivity index (χ1v) is 15.0. The lowest BCUT2D eigenvalue weighted by molar-refractivity contribution is -0.160. The van der Waals surface area contributed by atoms with E-state index in [9.17, 15) is 44.7 Å². The minimum atomic E-state index is -2.94. The van der Waals surface area contributed by atoms with E-state index in [4.69, 9.17) is 10.5 Å². The number of carbonyl (C=O) groups is 4. The summed E-state index contributed by atoms with van der Waals surface area (Å²) >= 11 is 0. The van der Waals surface area contributed by atoms with Gasteiger partial charge >= 0.3 is 6.09 Å². The number of phenolic OH excluding ortho intramolecular Hbond substituents is 1. The van der Waals surface area contributed by atoms with Crippen LogP contribution < -0.4 is 11.1 Å². The summed E-state index contributed by atoms with van der Waals surface area (Å²) < 4.78 is 5.58. The third kappa shape index (κ3) is 4.14. The average Bonchev–Trinajstić information content (AvgIpc) is 3.36. The van der Waals surface area contributed by atoms with Crippen molar-refractivity contribution < 1.29 is 49.4 Å². The number of ether oxygens (including phenoxy) is 1. The Morgan fingerprint density at radius 2 is 1.57 bits per heavy atom. The maximum absolute atomic E-state index is 13.9. The van der Waals surface area contributed by atoms with Crippen molar-refractivity contribution in [2.45, 2.75) is 36.9 Å². The van der Waals surface area contributed by atoms with Crippen LogP contribution in [0.2, 0.25) is 0 Å². The van der Waals surface area contributed by atoms with Crippen LogP contribution in [-0.2, 0) is 19.1 Å². The van der Waals surface area contributed by atoms with Crippen LogP contribution >= 0.6 is 0 Å². The zero-order valence-corrected chi connectivity index (χ0v) is 24.9. The topological polar surface area (TPSA) is 217 Å². The van der Waals surface area contributed by atoms with Crippen LogP contribution in [0.1, 0.15) is 47.4 Å². The molecule has 240 valence electrons. The van der Waals surface area contributed by atoms with Gasteiger partial charge in [0.25, 0.3) is 5.91 Å². The number of hydrogen-bond acceptors (Lipinski definition) is 10. The number of primary amides is 1. The summed E-state index contributed by atoms with van der Waals surface area (Å²) in [7, 11) is 0. The van der Waals surface area contributed by atoms with Crippen molar-refractivity contribution in [1.82, 2.24) is 0 Å². The summed E-state index contributed by atoms with van der Waals surface area (Å²) in [5, 5.41) is 58.8. The number of fused-ring (bicyclic) bond motifs is 6. The van der Waals surface area contributed by atoms with Gasteiger partial charge in [-0.25, -0.2) is 4.79 Å². The molecule has 0 aromatic heterocycles. The Hall–Kier alpha value is -5.46. The van der Waals surface area contributed by atoms with Crippen molar-refractivity contribution in [3.8, 4) is 16.9 Å². The summed E-state index contributed by atoms with van der Waals surface area (Å²) in [6.07, 6.45) is -3.19. The molecule has 0 aliphatic heterocycles. The van der Waals surface area contributed by atoms with E-state index in [1.807, 2.05) is 48.5 Å². The van der Waals surface area contributed by atoms with E-state index >= 15 is 0 Å². The standard InChI is InChI=1S/C35H30N2O10/c1-14-15-10-11-22(37-34(45)47-13-20-18-8-4-2-6-16(18)17-7-3-5-9-19(17)20)29(40)25(15)30(41)27-24(14)28(39)21-12-23(38)26(33(36)44)31(42)35(21,46)32(27)43/h2-11,14,20-21,24,28,39-42,46H,12-13H2,1H3,(H2,36,44)(H,37,45)/t14-,21+,24+,28+,35+/m0/s1. The van der Waals surface area contributed by atoms with Gasteiger partial charge in [-0.15, -0.1) is 0 Å². The molecular weight excluding hydrogens is 608 g/mol. The second kappa shape index (κ2) is 10.5. The van der Waals surface area contributed by atoms with Crippen LogP contribution in [0.5, 0.6) is 5.75 Å². The zero-order valence-electron chi connectivity index (χ0n) is 24.9. The lowest BCUT2D eigenvalue weighted by Crippen LogP contribution is -2.63. The predicted octanol–water partition coefficient (Wildman–Crippen LogP) is 3.32. The number of aromatic hydroxyl groups is 1. The van der Waals surface area contributed by atoms with Gasteiger partial charge in [0.15, 0.2) is 11.4 Å². The van der Waals surface area contributed by atoms with E-state index in [-0.39, 0.29) is 23.8 Å². The van der Waals surface area contributed by atoms with Gasteiger partial charge in [0.2, 0.25) is 5.78 Å². The monoisotopic (exact) mass is 638 g/mol. The Balaban J connectivity index is 1.20. The molecule has 4 aliphatic rings. The first kappa shape index (κ1) is 30.2. The molecule has 0 saturated heterocycles. The molecule has 0 bridgehead atoms. The van der Waals surface area contributed by atoms with Crippen LogP contribution in [0.3, 0.4) is 0 Å². The summed E-state index contributed by atoms with van der Waals surface area (Å²) in [6, 6.07) is 18.5. The molecule has 7 rings (SSSR count). The molecule has 3 aromatic carbocycles. The number of anilines is 1. The van der Waals surface area contributed by atoms with E-state index < -0.39 is 87.9 Å². The number of benzene rings is 3. The Bertz CT molecular complexity index is 1950. The quantitative estimate of drug-likeness (QED) is 0.163. The Labute approximate surface area is 267 Å². The highest BCUT2D eigenvalue weighted by atomic mass is 16.5. The minimum Gasteiger partial charge on any atom is -0.508 e. The van der Waals surface area contributed by atoms with Gasteiger partial charge in [-0.05, 0) is 39.8 Å². The molecule has 2 amide bonds. The van der Waals surface area contributed by atoms with E-state index in [0.29, 0.717) is 5.56 Å². The third-order valence-corrected chi connectivity index (χ3v) is 10.1. The molecule has 0 unspecified atom stereocenters. The van der Waals surface area contributed by atoms with Gasteiger partial charge < -0.3 is 36.0 Å². The Morgan fingerprint density at radius 3 is 2.19 bits per heavy atom. The molecular formula is C35H30N2O10. The first-order valence-electron chi connectivity index (χ1n) is 15.0. The van der Waals surface area contributed by atoms with Crippen LogP contribution in [0.25, 0.3) is 16.9 Å². The summed E-state index contributed by atoms with van der Waals surface area (Å²) in [5.41, 5.74) is 4.82. The molecule has 4 aliphatic carbocycles. The molecule has 5 atom stereocenters. The van der Waals surface area contributed by atoms with Gasteiger partial charge in [-0.2, -0.15) is 0 Å². The van der Waals surface area contributed by atoms with Gasteiger partial charge in [-0.3, -0.25) is 19.7 Å². The van der Waals surface area contributed by atoms with Crippen LogP contribution in [-0.4, -0.2) is 67.4 Å². The number of rotatable bonds is 4. The molecule has 1 saturated carbocycles. The number of aliphatic hydroxyl groups excluding tert-OH is 3. The molecule has 12 nitrogen and oxygen atoms in total. The molecule has 0 spiro atoms. The smallest absolute Gasteiger partial charge is 0.411 e. The molecule has 1 fully saturated rings. The molecule has 3 aromatic rings. The van der Waals surface area contributed by atoms with Crippen molar-refractivity contribution in [2.75, 3.05) is 11.9 Å². The van der Waals surface area contributed by atoms with E-state index in [2.05, 4.69) is 5.32 Å². The Morgan fingerprint density at radius 1 is 0.957 bits per heavy atom. The van der Waals surface area contributed by atoms with Crippen molar-refractivity contribution in [3.05, 3.63) is 99.8 Å². The highest BCUT2D eigenvalue weighted by Crippen LogP contribution is 2.56. The molecule has 47 heavy (non-hydrogen) atoms. The second-order valence-electron chi connectivity index (χ2n) is 12.4. The van der Waals surface area contributed by atoms with Gasteiger partial charge in [0.05, 0.1) is 17.4 Å². The molecule has 0 radical (unpaired) electrons. The first-order chi connectivity index (χ1) is 22.4. The van der Waals surface area contributed by atoms with Crippen LogP contribution in [0.15, 0.2) is 77.6 Å². The number of nitrogens with one attached hydrogen (secondary N) is 1. The number of amides is 2. The average molecular weight is 639 g/mol. The second-order valence-corrected chi connectivity index (χ2v) is 12.4. The van der Waals surface area contributed by atoms with Gasteiger partial charge in [0, 0.05) is 29.7 Å². The summed E-state index contributed by atoms with van der Waals surface area (Å²) in [4.78, 5) is 51.4. The number of aliphatic hydroxyl groups is 4. The highest BCUT2D eigenvalue weighted by molar-refractivity contribution is 6.23. The fraction of sp³-hybridized carbons (Fsp3) is 0.257. The highest BCUT2D eigenvalue weighted by Gasteiger charge is 2.65. The van der Waals surface area contributed by atoms with Crippen molar-refractivity contribution in [3.63, 3.8) is 0 Å². The maximum atomic E-state index is 13.9. The zero-order chi connectivity index (χ0) is 33.5.